The van der Waals surface area contributed by atoms with E-state index >= 15 is 0 Å². The average Bonchev–Trinajstić information content (AvgIpc) is 2.58. The second-order valence-corrected chi connectivity index (χ2v) is 6.44. The third kappa shape index (κ3) is 5.00. The molecule has 0 aliphatic heterocycles. The summed E-state index contributed by atoms with van der Waals surface area (Å²) >= 11 is 0. The summed E-state index contributed by atoms with van der Waals surface area (Å²) in [5, 5.41) is 11.4. The van der Waals surface area contributed by atoms with Crippen molar-refractivity contribution >= 4 is 11.9 Å². The number of hydrogen-bond donors (Lipinski definition) is 2. The highest BCUT2D eigenvalue weighted by atomic mass is 16.5. The second kappa shape index (κ2) is 7.74. The quantitative estimate of drug-likeness (QED) is 0.780. The van der Waals surface area contributed by atoms with E-state index in [2.05, 4.69) is 36.1 Å². The largest absolute Gasteiger partial charge is 0.491 e. The molecule has 25 heavy (non-hydrogen) atoms. The van der Waals surface area contributed by atoms with Crippen LogP contribution in [0.15, 0.2) is 36.7 Å². The van der Waals surface area contributed by atoms with Crippen LogP contribution in [-0.4, -0.2) is 40.1 Å². The molecule has 0 aliphatic rings. The van der Waals surface area contributed by atoms with Gasteiger partial charge in [-0.1, -0.05) is 39.0 Å². The molecule has 0 aliphatic carbocycles. The molecule has 0 saturated heterocycles. The van der Waals surface area contributed by atoms with Gasteiger partial charge in [-0.05, 0) is 17.0 Å². The molecule has 0 radical (unpaired) electrons. The number of carbonyl (C=O) groups excluding carboxylic acids is 1. The number of rotatable bonds is 6. The highest BCUT2D eigenvalue weighted by molar-refractivity contribution is 5.92. The number of amides is 1. The van der Waals surface area contributed by atoms with Crippen LogP contribution in [0.3, 0.4) is 0 Å². The van der Waals surface area contributed by atoms with E-state index in [1.54, 1.807) is 0 Å². The van der Waals surface area contributed by atoms with Crippen molar-refractivity contribution in [1.82, 2.24) is 15.3 Å². The first-order chi connectivity index (χ1) is 11.8. The van der Waals surface area contributed by atoms with E-state index in [4.69, 9.17) is 9.84 Å². The van der Waals surface area contributed by atoms with Crippen LogP contribution in [0.25, 0.3) is 0 Å². The van der Waals surface area contributed by atoms with Crippen LogP contribution in [0.2, 0.25) is 0 Å². The first kappa shape index (κ1) is 18.4. The van der Waals surface area contributed by atoms with Gasteiger partial charge in [0, 0.05) is 0 Å². The number of aromatic carboxylic acids is 1. The van der Waals surface area contributed by atoms with Crippen molar-refractivity contribution in [2.24, 2.45) is 0 Å². The van der Waals surface area contributed by atoms with Gasteiger partial charge in [-0.2, -0.15) is 0 Å². The Bertz CT molecular complexity index is 752. The molecule has 0 unspecified atom stereocenters. The van der Waals surface area contributed by atoms with Crippen molar-refractivity contribution < 1.29 is 19.4 Å². The SMILES string of the molecule is CC(C)(C)c1ccccc1OCCNC(=O)c1cnc(C(=O)O)cn1. The third-order valence-electron chi connectivity index (χ3n) is 3.44. The Kier molecular flexibility index (Phi) is 5.69. The van der Waals surface area contributed by atoms with Crippen LogP contribution in [0.4, 0.5) is 0 Å². The highest BCUT2D eigenvalue weighted by Gasteiger charge is 2.18. The van der Waals surface area contributed by atoms with Gasteiger partial charge in [-0.15, -0.1) is 0 Å². The number of nitrogens with zero attached hydrogens (tertiary/aromatic N) is 2. The fraction of sp³-hybridized carbons (Fsp3) is 0.333. The van der Waals surface area contributed by atoms with Crippen LogP contribution in [0, 0.1) is 0 Å². The van der Waals surface area contributed by atoms with E-state index in [1.165, 1.54) is 0 Å². The van der Waals surface area contributed by atoms with Gasteiger partial charge in [-0.25, -0.2) is 14.8 Å². The minimum Gasteiger partial charge on any atom is -0.491 e. The number of hydrogen-bond acceptors (Lipinski definition) is 5. The molecule has 0 fully saturated rings. The van der Waals surface area contributed by atoms with Gasteiger partial charge >= 0.3 is 5.97 Å². The number of benzene rings is 1. The van der Waals surface area contributed by atoms with Gasteiger partial charge in [0.05, 0.1) is 18.9 Å². The Morgan fingerprint density at radius 1 is 1.12 bits per heavy atom. The lowest BCUT2D eigenvalue weighted by molar-refractivity contribution is 0.0689. The molecule has 132 valence electrons. The van der Waals surface area contributed by atoms with Gasteiger partial charge in [-0.3, -0.25) is 4.79 Å². The summed E-state index contributed by atoms with van der Waals surface area (Å²) in [6.45, 7) is 6.92. The molecule has 7 nitrogen and oxygen atoms in total. The van der Waals surface area contributed by atoms with Crippen molar-refractivity contribution in [3.63, 3.8) is 0 Å². The molecule has 2 N–H and O–H groups in total. The van der Waals surface area contributed by atoms with Crippen molar-refractivity contribution in [2.75, 3.05) is 13.2 Å². The number of carbonyl (C=O) groups is 2. The van der Waals surface area contributed by atoms with Gasteiger partial charge in [0.25, 0.3) is 5.91 Å². The predicted molar refractivity (Wildman–Crippen MR) is 92.0 cm³/mol. The molecular formula is C18H21N3O4. The van der Waals surface area contributed by atoms with E-state index < -0.39 is 11.9 Å². The molecule has 1 aromatic carbocycles. The lowest BCUT2D eigenvalue weighted by atomic mass is 9.86. The summed E-state index contributed by atoms with van der Waals surface area (Å²) in [6, 6.07) is 7.80. The Morgan fingerprint density at radius 3 is 2.36 bits per heavy atom. The topological polar surface area (TPSA) is 101 Å². The number of carboxylic acid groups (broad SMARTS) is 1. The molecule has 0 bridgehead atoms. The molecular weight excluding hydrogens is 322 g/mol. The van der Waals surface area contributed by atoms with Crippen molar-refractivity contribution in [1.29, 1.82) is 0 Å². The lowest BCUT2D eigenvalue weighted by Gasteiger charge is -2.22. The summed E-state index contributed by atoms with van der Waals surface area (Å²) in [6.07, 6.45) is 2.18. The number of carboxylic acids is 1. The Balaban J connectivity index is 1.87. The summed E-state index contributed by atoms with van der Waals surface area (Å²) in [4.78, 5) is 30.1. The fourth-order valence-corrected chi connectivity index (χ4v) is 2.18. The van der Waals surface area contributed by atoms with Gasteiger partial charge < -0.3 is 15.2 Å². The fourth-order valence-electron chi connectivity index (χ4n) is 2.18. The minimum absolute atomic E-state index is 0.0404. The maximum absolute atomic E-state index is 11.9. The maximum Gasteiger partial charge on any atom is 0.356 e. The van der Waals surface area contributed by atoms with Crippen LogP contribution >= 0.6 is 0 Å². The summed E-state index contributed by atoms with van der Waals surface area (Å²) in [7, 11) is 0. The van der Waals surface area contributed by atoms with E-state index in [-0.39, 0.29) is 16.8 Å². The van der Waals surface area contributed by atoms with Gasteiger partial charge in [0.15, 0.2) is 5.69 Å². The Hall–Kier alpha value is -2.96. The van der Waals surface area contributed by atoms with Gasteiger partial charge in [0.2, 0.25) is 0 Å². The van der Waals surface area contributed by atoms with Crippen LogP contribution in [0.5, 0.6) is 5.75 Å². The van der Waals surface area contributed by atoms with Crippen molar-refractivity contribution in [3.8, 4) is 5.75 Å². The molecule has 7 heteroatoms. The first-order valence-electron chi connectivity index (χ1n) is 7.85. The molecule has 2 aromatic rings. The van der Waals surface area contributed by atoms with Crippen molar-refractivity contribution in [2.45, 2.75) is 26.2 Å². The molecule has 1 amide bonds. The zero-order valence-corrected chi connectivity index (χ0v) is 14.4. The normalized spacial score (nSPS) is 11.0. The molecule has 1 heterocycles. The van der Waals surface area contributed by atoms with E-state index in [0.717, 1.165) is 23.7 Å². The van der Waals surface area contributed by atoms with Crippen LogP contribution in [0.1, 0.15) is 47.3 Å². The summed E-state index contributed by atoms with van der Waals surface area (Å²) in [5.74, 6) is -0.836. The van der Waals surface area contributed by atoms with Gasteiger partial charge in [0.1, 0.15) is 18.1 Å². The Morgan fingerprint density at radius 2 is 1.76 bits per heavy atom. The second-order valence-electron chi connectivity index (χ2n) is 6.44. The summed E-state index contributed by atoms with van der Waals surface area (Å²) in [5.41, 5.74) is 0.900. The molecule has 2 rings (SSSR count). The number of para-hydroxylation sites is 1. The summed E-state index contributed by atoms with van der Waals surface area (Å²) < 4.78 is 5.77. The zero-order chi connectivity index (χ0) is 18.4. The van der Waals surface area contributed by atoms with Crippen LogP contribution < -0.4 is 10.1 Å². The first-order valence-corrected chi connectivity index (χ1v) is 7.85. The number of aromatic nitrogens is 2. The van der Waals surface area contributed by atoms with Crippen LogP contribution in [-0.2, 0) is 5.41 Å². The Labute approximate surface area is 146 Å². The monoisotopic (exact) mass is 343 g/mol. The number of ether oxygens (including phenoxy) is 1. The molecule has 0 saturated carbocycles. The molecule has 0 atom stereocenters. The standard InChI is InChI=1S/C18H21N3O4/c1-18(2,3)12-6-4-5-7-15(12)25-9-8-19-16(22)13-10-21-14(11-20-13)17(23)24/h4-7,10-11H,8-9H2,1-3H3,(H,19,22)(H,23,24). The smallest absolute Gasteiger partial charge is 0.356 e. The number of nitrogens with one attached hydrogen (secondary N) is 1. The maximum atomic E-state index is 11.9. The van der Waals surface area contributed by atoms with E-state index in [0.29, 0.717) is 13.2 Å². The molecule has 0 spiro atoms. The zero-order valence-electron chi connectivity index (χ0n) is 14.4. The highest BCUT2D eigenvalue weighted by Crippen LogP contribution is 2.30. The van der Waals surface area contributed by atoms with E-state index in [9.17, 15) is 9.59 Å². The predicted octanol–water partition coefficient (Wildman–Crippen LogP) is 2.28. The minimum atomic E-state index is -1.19. The average molecular weight is 343 g/mol. The van der Waals surface area contributed by atoms with E-state index in [1.807, 2.05) is 24.3 Å². The molecule has 1 aromatic heterocycles. The third-order valence-corrected chi connectivity index (χ3v) is 3.44. The van der Waals surface area contributed by atoms with Crippen molar-refractivity contribution in [3.05, 3.63) is 53.6 Å². The lowest BCUT2D eigenvalue weighted by Crippen LogP contribution is -2.29.